The first-order valence-corrected chi connectivity index (χ1v) is 8.61. The lowest BCUT2D eigenvalue weighted by Crippen LogP contribution is -2.33. The van der Waals surface area contributed by atoms with Crippen molar-refractivity contribution in [2.24, 2.45) is 0 Å². The third-order valence-corrected chi connectivity index (χ3v) is 4.52. The van der Waals surface area contributed by atoms with E-state index < -0.39 is 5.56 Å². The highest BCUT2D eigenvalue weighted by Crippen LogP contribution is 2.18. The Morgan fingerprint density at radius 2 is 1.96 bits per heavy atom. The second kappa shape index (κ2) is 7.96. The molecule has 128 valence electrons. The quantitative estimate of drug-likeness (QED) is 0.604. The van der Waals surface area contributed by atoms with Crippen LogP contribution in [0.5, 0.6) is 0 Å². The molecule has 0 aliphatic rings. The molecule has 0 unspecified atom stereocenters. The van der Waals surface area contributed by atoms with Crippen LogP contribution in [-0.4, -0.2) is 26.5 Å². The first kappa shape index (κ1) is 18.0. The van der Waals surface area contributed by atoms with Gasteiger partial charge < -0.3 is 11.2 Å². The highest BCUT2D eigenvalue weighted by molar-refractivity contribution is 7.99. The highest BCUT2D eigenvalue weighted by atomic mass is 32.2. The van der Waals surface area contributed by atoms with Crippen LogP contribution in [0.25, 0.3) is 0 Å². The third-order valence-electron chi connectivity index (χ3n) is 3.58. The summed E-state index contributed by atoms with van der Waals surface area (Å²) in [5.41, 5.74) is 2.04. The van der Waals surface area contributed by atoms with Crippen molar-refractivity contribution in [1.82, 2.24) is 20.2 Å². The van der Waals surface area contributed by atoms with Crippen molar-refractivity contribution in [3.63, 3.8) is 0 Å². The predicted molar refractivity (Wildman–Crippen MR) is 94.3 cm³/mol. The molecule has 0 spiro atoms. The summed E-state index contributed by atoms with van der Waals surface area (Å²) in [7, 11) is 0. The molecule has 0 aliphatic carbocycles. The van der Waals surface area contributed by atoms with Gasteiger partial charge in [0.2, 0.25) is 11.1 Å². The number of nitrogens with one attached hydrogen (secondary N) is 1. The van der Waals surface area contributed by atoms with Crippen molar-refractivity contribution in [1.29, 1.82) is 0 Å². The van der Waals surface area contributed by atoms with Crippen molar-refractivity contribution >= 4 is 17.7 Å². The van der Waals surface area contributed by atoms with Crippen LogP contribution in [0.15, 0.2) is 34.2 Å². The monoisotopic (exact) mass is 347 g/mol. The van der Waals surface area contributed by atoms with E-state index >= 15 is 0 Å². The molecule has 1 aromatic carbocycles. The van der Waals surface area contributed by atoms with E-state index in [0.717, 1.165) is 28.4 Å². The Hall–Kier alpha value is -2.35. The number of rotatable bonds is 6. The Bertz CT molecular complexity index is 773. The Morgan fingerprint density at radius 3 is 2.58 bits per heavy atom. The number of hydrogen-bond acceptors (Lipinski definition) is 6. The maximum absolute atomic E-state index is 12.2. The fraction of sp³-hybridized carbons (Fsp3) is 0.375. The van der Waals surface area contributed by atoms with Crippen LogP contribution in [0.4, 0.5) is 0 Å². The average molecular weight is 347 g/mol. The topological polar surface area (TPSA) is 103 Å². The van der Waals surface area contributed by atoms with Crippen molar-refractivity contribution in [2.45, 2.75) is 38.4 Å². The zero-order valence-electron chi connectivity index (χ0n) is 13.9. The molecule has 0 bridgehead atoms. The van der Waals surface area contributed by atoms with E-state index in [-0.39, 0.29) is 28.6 Å². The second-order valence-electron chi connectivity index (χ2n) is 5.47. The summed E-state index contributed by atoms with van der Waals surface area (Å²) in [6.45, 7) is 5.57. The van der Waals surface area contributed by atoms with E-state index in [4.69, 9.17) is 5.84 Å². The third kappa shape index (κ3) is 4.35. The first-order valence-electron chi connectivity index (χ1n) is 7.62. The molecule has 0 radical (unpaired) electrons. The molecule has 3 N–H and O–H groups in total. The van der Waals surface area contributed by atoms with E-state index in [9.17, 15) is 9.59 Å². The molecule has 2 rings (SSSR count). The number of amides is 1. The molecule has 8 heteroatoms. The number of nitrogens with two attached hydrogens (primary N) is 1. The summed E-state index contributed by atoms with van der Waals surface area (Å²) < 4.78 is 0.914. The van der Waals surface area contributed by atoms with Crippen molar-refractivity contribution in [3.8, 4) is 0 Å². The van der Waals surface area contributed by atoms with Gasteiger partial charge in [-0.25, -0.2) is 0 Å². The number of aromatic nitrogens is 3. The van der Waals surface area contributed by atoms with E-state index in [1.54, 1.807) is 0 Å². The van der Waals surface area contributed by atoms with E-state index in [0.29, 0.717) is 0 Å². The lowest BCUT2D eigenvalue weighted by atomic mass is 10.0. The Morgan fingerprint density at radius 1 is 1.29 bits per heavy atom. The maximum Gasteiger partial charge on any atom is 0.294 e. The average Bonchev–Trinajstić information content (AvgIpc) is 2.58. The molecular weight excluding hydrogens is 326 g/mol. The van der Waals surface area contributed by atoms with Crippen LogP contribution in [0, 0.1) is 13.8 Å². The number of aryl methyl sites for hydroxylation is 2. The number of nitrogens with zero attached hydrogens (tertiary/aromatic N) is 3. The second-order valence-corrected chi connectivity index (χ2v) is 6.41. The predicted octanol–water partition coefficient (Wildman–Crippen LogP) is 1.33. The molecule has 2 aromatic rings. The van der Waals surface area contributed by atoms with Crippen molar-refractivity contribution in [3.05, 3.63) is 51.4 Å². The molecule has 24 heavy (non-hydrogen) atoms. The lowest BCUT2D eigenvalue weighted by Gasteiger charge is -2.17. The first-order chi connectivity index (χ1) is 11.4. The molecule has 1 heterocycles. The number of benzene rings is 1. The van der Waals surface area contributed by atoms with Gasteiger partial charge in [0, 0.05) is 0 Å². The van der Waals surface area contributed by atoms with E-state index in [1.807, 2.05) is 38.1 Å². The van der Waals surface area contributed by atoms with Gasteiger partial charge in [0.05, 0.1) is 11.8 Å². The van der Waals surface area contributed by atoms with Crippen LogP contribution >= 0.6 is 11.8 Å². The van der Waals surface area contributed by atoms with Gasteiger partial charge in [-0.05, 0) is 25.8 Å². The zero-order valence-corrected chi connectivity index (χ0v) is 14.8. The minimum absolute atomic E-state index is 0.0529. The smallest absolute Gasteiger partial charge is 0.294 e. The van der Waals surface area contributed by atoms with Gasteiger partial charge in [0.1, 0.15) is 5.69 Å². The van der Waals surface area contributed by atoms with Crippen LogP contribution in [0.3, 0.4) is 0 Å². The molecule has 1 amide bonds. The number of carbonyl (C=O) groups excluding carboxylic acids is 1. The molecule has 0 aliphatic heterocycles. The molecule has 0 saturated carbocycles. The van der Waals surface area contributed by atoms with Crippen LogP contribution in [-0.2, 0) is 4.79 Å². The largest absolute Gasteiger partial charge is 0.349 e. The summed E-state index contributed by atoms with van der Waals surface area (Å²) >= 11 is 1.08. The molecule has 1 atom stereocenters. The summed E-state index contributed by atoms with van der Waals surface area (Å²) in [4.78, 5) is 23.9. The van der Waals surface area contributed by atoms with Crippen molar-refractivity contribution < 1.29 is 4.79 Å². The minimum atomic E-state index is -0.418. The minimum Gasteiger partial charge on any atom is -0.349 e. The van der Waals surface area contributed by atoms with E-state index in [2.05, 4.69) is 15.5 Å². The Labute approximate surface area is 144 Å². The fourth-order valence-corrected chi connectivity index (χ4v) is 2.82. The number of thioether (sulfide) groups is 1. The van der Waals surface area contributed by atoms with Gasteiger partial charge in [-0.3, -0.25) is 9.59 Å². The number of nitrogen functional groups attached to an aromatic ring is 1. The van der Waals surface area contributed by atoms with Gasteiger partial charge in [0.15, 0.2) is 0 Å². The SMILES string of the molecule is CC[C@@H](NC(=O)CSc1nnc(C)c(=O)n1N)c1ccc(C)cc1. The summed E-state index contributed by atoms with van der Waals surface area (Å²) in [6.07, 6.45) is 0.783. The van der Waals surface area contributed by atoms with Gasteiger partial charge in [0.25, 0.3) is 5.56 Å². The summed E-state index contributed by atoms with van der Waals surface area (Å²) in [6, 6.07) is 8.02. The Kier molecular flexibility index (Phi) is 5.97. The van der Waals surface area contributed by atoms with Gasteiger partial charge in [-0.2, -0.15) is 4.68 Å². The molecule has 1 aromatic heterocycles. The van der Waals surface area contributed by atoms with E-state index in [1.165, 1.54) is 12.5 Å². The fourth-order valence-electron chi connectivity index (χ4n) is 2.15. The van der Waals surface area contributed by atoms with Gasteiger partial charge in [-0.1, -0.05) is 48.5 Å². The normalized spacial score (nSPS) is 12.0. The highest BCUT2D eigenvalue weighted by Gasteiger charge is 2.14. The lowest BCUT2D eigenvalue weighted by molar-refractivity contribution is -0.119. The summed E-state index contributed by atoms with van der Waals surface area (Å²) in [5.74, 6) is 5.61. The molecular formula is C16H21N5O2S. The van der Waals surface area contributed by atoms with Gasteiger partial charge in [-0.15, -0.1) is 10.2 Å². The maximum atomic E-state index is 12.2. The molecule has 7 nitrogen and oxygen atoms in total. The standard InChI is InChI=1S/C16H21N5O2S/c1-4-13(12-7-5-10(2)6-8-12)18-14(22)9-24-16-20-19-11(3)15(23)21(16)17/h5-8,13H,4,9,17H2,1-3H3,(H,18,22)/t13-/m1/s1. The van der Waals surface area contributed by atoms with Crippen LogP contribution in [0.2, 0.25) is 0 Å². The molecule has 0 saturated heterocycles. The van der Waals surface area contributed by atoms with Crippen LogP contribution in [0.1, 0.15) is 36.2 Å². The zero-order chi connectivity index (χ0) is 17.7. The molecule has 0 fully saturated rings. The number of hydrogen-bond donors (Lipinski definition) is 2. The van der Waals surface area contributed by atoms with Gasteiger partial charge >= 0.3 is 0 Å². The van der Waals surface area contributed by atoms with Crippen molar-refractivity contribution in [2.75, 3.05) is 11.6 Å². The van der Waals surface area contributed by atoms with Crippen LogP contribution < -0.4 is 16.7 Å². The number of carbonyl (C=O) groups is 1. The summed E-state index contributed by atoms with van der Waals surface area (Å²) in [5, 5.41) is 10.8. The Balaban J connectivity index is 1.98.